The number of fused-ring (bicyclic) bond motifs is 8. The third-order valence-corrected chi connectivity index (χ3v) is 11.9. The summed E-state index contributed by atoms with van der Waals surface area (Å²) in [4.78, 5) is 10.4. The quantitative estimate of drug-likeness (QED) is 0.169. The van der Waals surface area contributed by atoms with Crippen molar-refractivity contribution >= 4 is 54.4 Å². The Morgan fingerprint density at radius 2 is 0.900 bits per heavy atom. The van der Waals surface area contributed by atoms with Crippen LogP contribution >= 0.6 is 0 Å². The van der Waals surface area contributed by atoms with Gasteiger partial charge in [0.1, 0.15) is 0 Å². The Hall–Kier alpha value is -8.08. The summed E-state index contributed by atoms with van der Waals surface area (Å²) in [5.41, 5.74) is 14.1. The fourth-order valence-corrected chi connectivity index (χ4v) is 9.18. The summed E-state index contributed by atoms with van der Waals surface area (Å²) in [6.45, 7) is 0. The van der Waals surface area contributed by atoms with Crippen molar-refractivity contribution in [2.24, 2.45) is 0 Å². The first-order chi connectivity index (χ1) is 29.8. The van der Waals surface area contributed by atoms with Crippen LogP contribution in [-0.4, -0.2) is 19.1 Å². The van der Waals surface area contributed by atoms with E-state index in [1.165, 1.54) is 49.1 Å². The molecule has 12 aromatic rings. The molecule has 0 amide bonds. The van der Waals surface area contributed by atoms with Crippen molar-refractivity contribution in [2.45, 2.75) is 0 Å². The van der Waals surface area contributed by atoms with E-state index in [-0.39, 0.29) is 0 Å². The lowest BCUT2D eigenvalue weighted by Gasteiger charge is -2.15. The fraction of sp³-hybridized carbons (Fsp3) is 0. The van der Waals surface area contributed by atoms with Gasteiger partial charge < -0.3 is 9.13 Å². The van der Waals surface area contributed by atoms with Gasteiger partial charge in [0.05, 0.1) is 39.1 Å². The fourth-order valence-electron chi connectivity index (χ4n) is 9.18. The van der Waals surface area contributed by atoms with Crippen molar-refractivity contribution in [3.8, 4) is 56.4 Å². The average Bonchev–Trinajstić information content (AvgIpc) is 3.85. The summed E-state index contributed by atoms with van der Waals surface area (Å²) in [6.07, 6.45) is 0. The first kappa shape index (κ1) is 34.0. The molecule has 12 rings (SSSR count). The molecule has 4 nitrogen and oxygen atoms in total. The Balaban J connectivity index is 1.15. The Bertz CT molecular complexity index is 3530. The molecule has 9 aromatic carbocycles. The number of benzene rings is 9. The molecule has 0 radical (unpaired) electrons. The summed E-state index contributed by atoms with van der Waals surface area (Å²) in [6, 6.07) is 78.0. The molecule has 4 heteroatoms. The minimum atomic E-state index is 0.699. The van der Waals surface area contributed by atoms with Crippen molar-refractivity contribution in [3.05, 3.63) is 218 Å². The van der Waals surface area contributed by atoms with Crippen molar-refractivity contribution in [1.82, 2.24) is 19.1 Å². The minimum Gasteiger partial charge on any atom is -0.309 e. The summed E-state index contributed by atoms with van der Waals surface area (Å²) in [5.74, 6) is 0.699. The summed E-state index contributed by atoms with van der Waals surface area (Å²) < 4.78 is 4.94. The number of para-hydroxylation sites is 2. The van der Waals surface area contributed by atoms with Gasteiger partial charge in [-0.2, -0.15) is 0 Å². The summed E-state index contributed by atoms with van der Waals surface area (Å²) in [5, 5.41) is 7.20. The second-order valence-electron chi connectivity index (χ2n) is 15.4. The number of hydrogen-bond donors (Lipinski definition) is 0. The zero-order chi connectivity index (χ0) is 39.6. The van der Waals surface area contributed by atoms with Crippen LogP contribution in [0.3, 0.4) is 0 Å². The monoisotopic (exact) mass is 764 g/mol. The zero-order valence-corrected chi connectivity index (χ0v) is 32.6. The molecule has 0 spiro atoms. The molecule has 3 heterocycles. The second-order valence-corrected chi connectivity index (χ2v) is 15.4. The van der Waals surface area contributed by atoms with E-state index in [1.54, 1.807) is 0 Å². The SMILES string of the molecule is c1ccc(-c2cccc(-n3c4ccccc4c4ccc5c(c6ccccc6n5-c5cc(-c6cc(-c7ccccc7)nc(-c7ccccc7)n6)cc6ccccc56)c43)c2)cc1. The third-order valence-electron chi connectivity index (χ3n) is 11.9. The van der Waals surface area contributed by atoms with Crippen LogP contribution in [0.1, 0.15) is 0 Å². The lowest BCUT2D eigenvalue weighted by Crippen LogP contribution is -1.99. The molecule has 0 saturated carbocycles. The van der Waals surface area contributed by atoms with Crippen LogP contribution in [0.4, 0.5) is 0 Å². The van der Waals surface area contributed by atoms with Gasteiger partial charge in [-0.25, -0.2) is 9.97 Å². The van der Waals surface area contributed by atoms with Crippen molar-refractivity contribution in [2.75, 3.05) is 0 Å². The van der Waals surface area contributed by atoms with E-state index >= 15 is 0 Å². The predicted molar refractivity (Wildman–Crippen MR) is 250 cm³/mol. The van der Waals surface area contributed by atoms with Crippen LogP contribution in [0.25, 0.3) is 111 Å². The number of hydrogen-bond acceptors (Lipinski definition) is 2. The van der Waals surface area contributed by atoms with Crippen LogP contribution in [0.15, 0.2) is 218 Å². The van der Waals surface area contributed by atoms with E-state index < -0.39 is 0 Å². The molecule has 3 aromatic heterocycles. The van der Waals surface area contributed by atoms with Gasteiger partial charge in [0.2, 0.25) is 0 Å². The van der Waals surface area contributed by atoms with Crippen LogP contribution < -0.4 is 0 Å². The van der Waals surface area contributed by atoms with Gasteiger partial charge >= 0.3 is 0 Å². The molecule has 0 saturated heterocycles. The maximum absolute atomic E-state index is 5.27. The first-order valence-electron chi connectivity index (χ1n) is 20.4. The smallest absolute Gasteiger partial charge is 0.160 e. The largest absolute Gasteiger partial charge is 0.309 e. The summed E-state index contributed by atoms with van der Waals surface area (Å²) in [7, 11) is 0. The molecule has 0 bridgehead atoms. The van der Waals surface area contributed by atoms with Crippen LogP contribution in [0, 0.1) is 0 Å². The molecule has 0 N–H and O–H groups in total. The minimum absolute atomic E-state index is 0.699. The molecular formula is C56H36N4. The first-order valence-corrected chi connectivity index (χ1v) is 20.4. The highest BCUT2D eigenvalue weighted by Gasteiger charge is 2.22. The standard InChI is InChI=1S/C56H36N4/c1-4-17-37(18-5-1)40-24-16-25-43(34-40)59-50-29-14-12-27-45(50)46-31-32-52-54(55(46)59)47-28-13-15-30-51(47)60(52)53-35-42(33-41-23-10-11-26-44(41)53)49-36-48(38-19-6-2-7-20-38)57-56(58-49)39-21-8-3-9-22-39/h1-36H. The number of rotatable bonds is 6. The Labute approximate surface area is 346 Å². The second kappa shape index (κ2) is 13.8. The molecule has 0 fully saturated rings. The van der Waals surface area contributed by atoms with Crippen LogP contribution in [0.2, 0.25) is 0 Å². The number of nitrogens with zero attached hydrogens (tertiary/aromatic N) is 4. The zero-order valence-electron chi connectivity index (χ0n) is 32.6. The predicted octanol–water partition coefficient (Wildman–Crippen LogP) is 14.5. The Morgan fingerprint density at radius 3 is 1.65 bits per heavy atom. The molecular weight excluding hydrogens is 729 g/mol. The van der Waals surface area contributed by atoms with Gasteiger partial charge in [0, 0.05) is 49.3 Å². The summed E-state index contributed by atoms with van der Waals surface area (Å²) >= 11 is 0. The molecule has 0 atom stereocenters. The highest BCUT2D eigenvalue weighted by atomic mass is 15.0. The maximum Gasteiger partial charge on any atom is 0.160 e. The number of aromatic nitrogens is 4. The van der Waals surface area contributed by atoms with E-state index in [0.29, 0.717) is 5.82 Å². The van der Waals surface area contributed by atoms with Crippen molar-refractivity contribution in [3.63, 3.8) is 0 Å². The van der Waals surface area contributed by atoms with E-state index in [0.717, 1.165) is 55.9 Å². The average molecular weight is 765 g/mol. The molecule has 0 aliphatic carbocycles. The van der Waals surface area contributed by atoms with Crippen LogP contribution in [-0.2, 0) is 0 Å². The lowest BCUT2D eigenvalue weighted by atomic mass is 10.0. The van der Waals surface area contributed by atoms with Crippen LogP contribution in [0.5, 0.6) is 0 Å². The highest BCUT2D eigenvalue weighted by Crippen LogP contribution is 2.44. The van der Waals surface area contributed by atoms with Gasteiger partial charge in [-0.15, -0.1) is 0 Å². The maximum atomic E-state index is 5.27. The Kier molecular flexibility index (Phi) is 7.82. The molecule has 60 heavy (non-hydrogen) atoms. The van der Waals surface area contributed by atoms with Gasteiger partial charge in [-0.05, 0) is 65.0 Å². The van der Waals surface area contributed by atoms with E-state index in [9.17, 15) is 0 Å². The van der Waals surface area contributed by atoms with E-state index in [4.69, 9.17) is 9.97 Å². The molecule has 0 aliphatic heterocycles. The van der Waals surface area contributed by atoms with E-state index in [1.807, 2.05) is 24.3 Å². The lowest BCUT2D eigenvalue weighted by molar-refractivity contribution is 1.17. The molecule has 0 unspecified atom stereocenters. The molecule has 0 aliphatic rings. The van der Waals surface area contributed by atoms with Gasteiger partial charge in [-0.1, -0.05) is 170 Å². The van der Waals surface area contributed by atoms with Gasteiger partial charge in [0.15, 0.2) is 5.82 Å². The van der Waals surface area contributed by atoms with Crippen molar-refractivity contribution < 1.29 is 0 Å². The highest BCUT2D eigenvalue weighted by molar-refractivity contribution is 6.26. The normalized spacial score (nSPS) is 11.7. The van der Waals surface area contributed by atoms with Crippen molar-refractivity contribution in [1.29, 1.82) is 0 Å². The van der Waals surface area contributed by atoms with Gasteiger partial charge in [0.25, 0.3) is 0 Å². The molecule has 280 valence electrons. The third kappa shape index (κ3) is 5.46. The Morgan fingerprint density at radius 1 is 0.317 bits per heavy atom. The topological polar surface area (TPSA) is 35.6 Å². The van der Waals surface area contributed by atoms with Gasteiger partial charge in [-0.3, -0.25) is 0 Å². The van der Waals surface area contributed by atoms with E-state index in [2.05, 4.69) is 203 Å².